The highest BCUT2D eigenvalue weighted by Crippen LogP contribution is 2.32. The van der Waals surface area contributed by atoms with Crippen LogP contribution in [0.3, 0.4) is 0 Å². The van der Waals surface area contributed by atoms with Crippen molar-refractivity contribution >= 4 is 23.0 Å². The van der Waals surface area contributed by atoms with Gasteiger partial charge in [0.1, 0.15) is 16.8 Å². The quantitative estimate of drug-likeness (QED) is 0.683. The number of aromatic nitrogens is 1. The van der Waals surface area contributed by atoms with Crippen molar-refractivity contribution in [3.8, 4) is 23.6 Å². The lowest BCUT2D eigenvalue weighted by Crippen LogP contribution is -2.32. The van der Waals surface area contributed by atoms with Crippen molar-refractivity contribution in [1.82, 2.24) is 4.57 Å². The molecule has 2 aromatic carbocycles. The molecule has 0 fully saturated rings. The molecule has 0 N–H and O–H groups in total. The Balaban J connectivity index is 1.89. The van der Waals surface area contributed by atoms with E-state index in [1.165, 1.54) is 4.57 Å². The van der Waals surface area contributed by atoms with E-state index in [-0.39, 0.29) is 24.5 Å². The molecular weight excluding hydrogens is 374 g/mol. The molecule has 7 heteroatoms. The van der Waals surface area contributed by atoms with Crippen LogP contribution in [0, 0.1) is 22.7 Å². The fourth-order valence-electron chi connectivity index (χ4n) is 2.89. The normalized spacial score (nSPS) is 12.4. The lowest BCUT2D eigenvalue weighted by Gasteiger charge is -2.02. The Morgan fingerprint density at radius 1 is 1.11 bits per heavy atom. The van der Waals surface area contributed by atoms with Gasteiger partial charge in [-0.15, -0.1) is 11.3 Å². The van der Waals surface area contributed by atoms with Crippen molar-refractivity contribution < 1.29 is 9.47 Å². The van der Waals surface area contributed by atoms with Gasteiger partial charge in [-0.05, 0) is 29.3 Å². The van der Waals surface area contributed by atoms with Crippen LogP contribution < -0.4 is 24.2 Å². The summed E-state index contributed by atoms with van der Waals surface area (Å²) in [6.45, 7) is 0.460. The summed E-state index contributed by atoms with van der Waals surface area (Å²) in [6, 6.07) is 18.6. The Kier molecular flexibility index (Phi) is 4.67. The van der Waals surface area contributed by atoms with Crippen LogP contribution >= 0.6 is 11.3 Å². The predicted molar refractivity (Wildman–Crippen MR) is 104 cm³/mol. The van der Waals surface area contributed by atoms with Crippen molar-refractivity contribution in [2.75, 3.05) is 6.79 Å². The minimum atomic E-state index is -0.246. The second kappa shape index (κ2) is 7.43. The van der Waals surface area contributed by atoms with E-state index in [9.17, 15) is 15.3 Å². The molecule has 3 aromatic rings. The van der Waals surface area contributed by atoms with E-state index < -0.39 is 0 Å². The van der Waals surface area contributed by atoms with E-state index in [2.05, 4.69) is 0 Å². The zero-order valence-corrected chi connectivity index (χ0v) is 15.4. The summed E-state index contributed by atoms with van der Waals surface area (Å²) in [6.07, 6.45) is 1.73. The van der Waals surface area contributed by atoms with Crippen molar-refractivity contribution in [3.63, 3.8) is 0 Å². The first-order chi connectivity index (χ1) is 13.7. The van der Waals surface area contributed by atoms with Crippen LogP contribution in [0.2, 0.25) is 0 Å². The highest BCUT2D eigenvalue weighted by Gasteiger charge is 2.14. The summed E-state index contributed by atoms with van der Waals surface area (Å²) >= 11 is 1.13. The summed E-state index contributed by atoms with van der Waals surface area (Å²) < 4.78 is 12.9. The van der Waals surface area contributed by atoms with Crippen molar-refractivity contribution in [1.29, 1.82) is 10.5 Å². The number of thiazole rings is 1. The van der Waals surface area contributed by atoms with Gasteiger partial charge in [-0.1, -0.05) is 36.4 Å². The van der Waals surface area contributed by atoms with Gasteiger partial charge in [-0.2, -0.15) is 10.5 Å². The SMILES string of the molecule is N#CC(C#N)=c1s/c(=C\c2ccc3c(c2)OCO3)c(=O)n1Cc1ccccc1. The van der Waals surface area contributed by atoms with Gasteiger partial charge in [-0.25, -0.2) is 0 Å². The molecule has 0 atom stereocenters. The minimum absolute atomic E-state index is 0.0802. The second-order valence-corrected chi connectivity index (χ2v) is 7.03. The number of ether oxygens (including phenoxy) is 2. The van der Waals surface area contributed by atoms with Crippen LogP contribution in [0.4, 0.5) is 0 Å². The topological polar surface area (TPSA) is 88.0 Å². The van der Waals surface area contributed by atoms with Gasteiger partial charge >= 0.3 is 0 Å². The first kappa shape index (κ1) is 17.6. The maximum Gasteiger partial charge on any atom is 0.269 e. The first-order valence-electron chi connectivity index (χ1n) is 8.39. The minimum Gasteiger partial charge on any atom is -0.454 e. The number of rotatable bonds is 3. The number of hydrogen-bond acceptors (Lipinski definition) is 6. The average molecular weight is 387 g/mol. The molecule has 6 nitrogen and oxygen atoms in total. The zero-order valence-electron chi connectivity index (χ0n) is 14.6. The fraction of sp³-hybridized carbons (Fsp3) is 0.0952. The van der Waals surface area contributed by atoms with Crippen LogP contribution in [-0.2, 0) is 6.54 Å². The molecule has 0 aliphatic carbocycles. The lowest BCUT2D eigenvalue weighted by molar-refractivity contribution is 0.174. The Morgan fingerprint density at radius 3 is 2.61 bits per heavy atom. The third kappa shape index (κ3) is 3.27. The van der Waals surface area contributed by atoms with E-state index in [4.69, 9.17) is 9.47 Å². The molecule has 0 radical (unpaired) electrons. The Bertz CT molecular complexity index is 1290. The molecule has 0 unspecified atom stereocenters. The third-order valence-corrected chi connectivity index (χ3v) is 5.35. The van der Waals surface area contributed by atoms with Crippen LogP contribution in [0.15, 0.2) is 53.3 Å². The molecule has 0 saturated carbocycles. The van der Waals surface area contributed by atoms with E-state index in [1.54, 1.807) is 18.2 Å². The summed E-state index contributed by atoms with van der Waals surface area (Å²) in [5.74, 6) is 1.28. The van der Waals surface area contributed by atoms with Gasteiger partial charge < -0.3 is 9.47 Å². The van der Waals surface area contributed by atoms with Gasteiger partial charge in [-0.3, -0.25) is 9.36 Å². The molecule has 1 aliphatic rings. The Morgan fingerprint density at radius 2 is 1.86 bits per heavy atom. The molecule has 0 amide bonds. The molecule has 1 aliphatic heterocycles. The molecule has 136 valence electrons. The van der Waals surface area contributed by atoms with Crippen molar-refractivity contribution in [2.24, 2.45) is 0 Å². The summed E-state index contributed by atoms with van der Waals surface area (Å²) in [5, 5.41) is 18.6. The van der Waals surface area contributed by atoms with Crippen LogP contribution in [0.25, 0.3) is 11.6 Å². The zero-order chi connectivity index (χ0) is 19.5. The van der Waals surface area contributed by atoms with Crippen LogP contribution in [0.1, 0.15) is 11.1 Å². The molecule has 0 bridgehead atoms. The van der Waals surface area contributed by atoms with Crippen molar-refractivity contribution in [3.05, 3.63) is 79.2 Å². The van der Waals surface area contributed by atoms with Crippen molar-refractivity contribution in [2.45, 2.75) is 6.54 Å². The number of benzene rings is 2. The van der Waals surface area contributed by atoms with E-state index in [1.807, 2.05) is 48.5 Å². The first-order valence-corrected chi connectivity index (χ1v) is 9.20. The average Bonchev–Trinajstić information content (AvgIpc) is 3.30. The molecule has 4 rings (SSSR count). The van der Waals surface area contributed by atoms with Gasteiger partial charge in [0.05, 0.1) is 11.1 Å². The fourth-order valence-corrected chi connectivity index (χ4v) is 3.94. The number of nitrogens with zero attached hydrogens (tertiary/aromatic N) is 3. The van der Waals surface area contributed by atoms with Gasteiger partial charge in [0.2, 0.25) is 6.79 Å². The maximum absolute atomic E-state index is 13.0. The molecule has 28 heavy (non-hydrogen) atoms. The highest BCUT2D eigenvalue weighted by molar-refractivity contribution is 7.07. The van der Waals surface area contributed by atoms with Crippen LogP contribution in [0.5, 0.6) is 11.5 Å². The molecule has 0 saturated heterocycles. The highest BCUT2D eigenvalue weighted by atomic mass is 32.1. The largest absolute Gasteiger partial charge is 0.454 e. The monoisotopic (exact) mass is 387 g/mol. The smallest absolute Gasteiger partial charge is 0.269 e. The predicted octanol–water partition coefficient (Wildman–Crippen LogP) is 1.71. The molecule has 1 aromatic heterocycles. The maximum atomic E-state index is 13.0. The van der Waals surface area contributed by atoms with Gasteiger partial charge in [0, 0.05) is 0 Å². The van der Waals surface area contributed by atoms with E-state index in [0.29, 0.717) is 20.7 Å². The third-order valence-electron chi connectivity index (χ3n) is 4.22. The summed E-state index contributed by atoms with van der Waals surface area (Å²) in [4.78, 5) is 13.0. The summed E-state index contributed by atoms with van der Waals surface area (Å²) in [5.41, 5.74) is 1.36. The molecule has 0 spiro atoms. The molecule has 2 heterocycles. The molecular formula is C21H13N3O3S. The van der Waals surface area contributed by atoms with Crippen LogP contribution in [-0.4, -0.2) is 11.4 Å². The van der Waals surface area contributed by atoms with E-state index >= 15 is 0 Å². The lowest BCUT2D eigenvalue weighted by atomic mass is 10.2. The number of nitriles is 2. The Labute approximate surface area is 164 Å². The van der Waals surface area contributed by atoms with Gasteiger partial charge in [0.25, 0.3) is 5.56 Å². The summed E-state index contributed by atoms with van der Waals surface area (Å²) in [7, 11) is 0. The van der Waals surface area contributed by atoms with E-state index in [0.717, 1.165) is 22.5 Å². The second-order valence-electron chi connectivity index (χ2n) is 6.00. The number of hydrogen-bond donors (Lipinski definition) is 0. The standard InChI is InChI=1S/C21H13N3O3S/c22-10-16(11-23)21-24(12-14-4-2-1-3-5-14)20(25)19(28-21)9-15-6-7-17-18(8-15)27-13-26-17/h1-9H,12-13H2/b19-9-. The van der Waals surface area contributed by atoms with Gasteiger partial charge in [0.15, 0.2) is 17.1 Å². The number of fused-ring (bicyclic) bond motifs is 1. The Hall–Kier alpha value is -3.81.